The zero-order valence-electron chi connectivity index (χ0n) is 11.9. The van der Waals surface area contributed by atoms with E-state index in [1.807, 2.05) is 0 Å². The van der Waals surface area contributed by atoms with E-state index in [4.69, 9.17) is 4.74 Å². The second kappa shape index (κ2) is 9.64. The molecule has 1 saturated heterocycles. The van der Waals surface area contributed by atoms with Gasteiger partial charge in [-0.25, -0.2) is 4.79 Å². The number of β-lactam (4-membered cyclic amide) rings is 1. The molecule has 5 heteroatoms. The maximum atomic E-state index is 11.3. The second-order valence-corrected chi connectivity index (χ2v) is 5.05. The largest absolute Gasteiger partial charge is 0.450 e. The van der Waals surface area contributed by atoms with Crippen LogP contribution in [0.15, 0.2) is 0 Å². The summed E-state index contributed by atoms with van der Waals surface area (Å²) in [5, 5.41) is 5.08. The minimum atomic E-state index is -0.484. The van der Waals surface area contributed by atoms with Crippen molar-refractivity contribution in [1.29, 1.82) is 0 Å². The van der Waals surface area contributed by atoms with Gasteiger partial charge in [-0.3, -0.25) is 4.79 Å². The Kier molecular flexibility index (Phi) is 8.02. The van der Waals surface area contributed by atoms with Crippen molar-refractivity contribution in [2.75, 3.05) is 13.2 Å². The van der Waals surface area contributed by atoms with E-state index in [0.29, 0.717) is 13.2 Å². The van der Waals surface area contributed by atoms with Crippen molar-refractivity contribution in [3.63, 3.8) is 0 Å². The molecule has 1 aliphatic rings. The summed E-state index contributed by atoms with van der Waals surface area (Å²) in [5.74, 6) is -0.135. The fourth-order valence-electron chi connectivity index (χ4n) is 1.99. The number of carbonyl (C=O) groups excluding carboxylic acids is 2. The summed E-state index contributed by atoms with van der Waals surface area (Å²) in [6, 6.07) is -0.397. The van der Waals surface area contributed by atoms with Gasteiger partial charge in [-0.1, -0.05) is 51.9 Å². The zero-order valence-corrected chi connectivity index (χ0v) is 11.9. The van der Waals surface area contributed by atoms with Crippen LogP contribution in [0.2, 0.25) is 0 Å². The van der Waals surface area contributed by atoms with E-state index in [0.717, 1.165) is 12.8 Å². The predicted molar refractivity (Wildman–Crippen MR) is 73.9 cm³/mol. The highest BCUT2D eigenvalue weighted by Gasteiger charge is 2.29. The lowest BCUT2D eigenvalue weighted by molar-refractivity contribution is -0.128. The van der Waals surface area contributed by atoms with Gasteiger partial charge in [-0.2, -0.15) is 0 Å². The quantitative estimate of drug-likeness (QED) is 0.473. The molecule has 1 fully saturated rings. The third-order valence-corrected chi connectivity index (χ3v) is 3.32. The van der Waals surface area contributed by atoms with Gasteiger partial charge in [-0.15, -0.1) is 0 Å². The Morgan fingerprint density at radius 3 is 2.37 bits per heavy atom. The van der Waals surface area contributed by atoms with E-state index in [9.17, 15) is 9.59 Å². The summed E-state index contributed by atoms with van der Waals surface area (Å²) in [6.07, 6.45) is 9.25. The van der Waals surface area contributed by atoms with Crippen molar-refractivity contribution >= 4 is 12.0 Å². The van der Waals surface area contributed by atoms with Gasteiger partial charge in [0, 0.05) is 6.54 Å². The predicted octanol–water partition coefficient (Wildman–Crippen LogP) is 2.35. The molecule has 2 amide bonds. The molecule has 1 aliphatic heterocycles. The molecule has 0 saturated carbocycles. The number of amides is 2. The Morgan fingerprint density at radius 1 is 1.21 bits per heavy atom. The van der Waals surface area contributed by atoms with E-state index >= 15 is 0 Å². The molecule has 0 radical (unpaired) electrons. The van der Waals surface area contributed by atoms with Crippen LogP contribution in [-0.4, -0.2) is 31.2 Å². The summed E-state index contributed by atoms with van der Waals surface area (Å²) in [7, 11) is 0. The first-order chi connectivity index (χ1) is 9.24. The van der Waals surface area contributed by atoms with Crippen molar-refractivity contribution in [1.82, 2.24) is 10.6 Å². The SMILES string of the molecule is CCCCCCCCCCOC(=O)N[C@H]1CNC1=O. The molecule has 1 atom stereocenters. The molecule has 0 aromatic rings. The fraction of sp³-hybridized carbons (Fsp3) is 0.857. The topological polar surface area (TPSA) is 67.4 Å². The van der Waals surface area contributed by atoms with Crippen LogP contribution < -0.4 is 10.6 Å². The first-order valence-corrected chi connectivity index (χ1v) is 7.45. The molecule has 0 bridgehead atoms. The number of rotatable bonds is 10. The zero-order chi connectivity index (χ0) is 13.9. The van der Waals surface area contributed by atoms with Crippen LogP contribution in [-0.2, 0) is 9.53 Å². The molecule has 110 valence electrons. The van der Waals surface area contributed by atoms with Crippen LogP contribution in [0.5, 0.6) is 0 Å². The van der Waals surface area contributed by atoms with E-state index in [1.165, 1.54) is 38.5 Å². The van der Waals surface area contributed by atoms with Gasteiger partial charge in [0.25, 0.3) is 0 Å². The first kappa shape index (κ1) is 15.8. The van der Waals surface area contributed by atoms with Crippen LogP contribution in [0.25, 0.3) is 0 Å². The number of ether oxygens (including phenoxy) is 1. The number of hydrogen-bond donors (Lipinski definition) is 2. The van der Waals surface area contributed by atoms with Crippen molar-refractivity contribution in [2.24, 2.45) is 0 Å². The molecule has 2 N–H and O–H groups in total. The number of alkyl carbamates (subject to hydrolysis) is 1. The Balaban J connectivity index is 1.82. The highest BCUT2D eigenvalue weighted by Crippen LogP contribution is 2.08. The van der Waals surface area contributed by atoms with Gasteiger partial charge in [0.05, 0.1) is 6.61 Å². The molecule has 0 spiro atoms. The van der Waals surface area contributed by atoms with Crippen LogP contribution in [0.4, 0.5) is 4.79 Å². The fourth-order valence-corrected chi connectivity index (χ4v) is 1.99. The molecular weight excluding hydrogens is 244 g/mol. The highest BCUT2D eigenvalue weighted by molar-refractivity contribution is 5.90. The molecule has 0 aromatic carbocycles. The van der Waals surface area contributed by atoms with Crippen LogP contribution >= 0.6 is 0 Å². The van der Waals surface area contributed by atoms with E-state index in [-0.39, 0.29) is 5.91 Å². The molecule has 0 unspecified atom stereocenters. The van der Waals surface area contributed by atoms with Gasteiger partial charge in [0.15, 0.2) is 0 Å². The summed E-state index contributed by atoms with van der Waals surface area (Å²) in [6.45, 7) is 3.16. The van der Waals surface area contributed by atoms with Gasteiger partial charge in [0.1, 0.15) is 6.04 Å². The number of hydrogen-bond acceptors (Lipinski definition) is 3. The van der Waals surface area contributed by atoms with Crippen LogP contribution in [0, 0.1) is 0 Å². The molecule has 1 rings (SSSR count). The van der Waals surface area contributed by atoms with Gasteiger partial charge in [0.2, 0.25) is 5.91 Å². The Morgan fingerprint density at radius 2 is 1.84 bits per heavy atom. The Bertz CT molecular complexity index is 282. The lowest BCUT2D eigenvalue weighted by atomic mass is 10.1. The molecule has 1 heterocycles. The van der Waals surface area contributed by atoms with Crippen molar-refractivity contribution in [3.05, 3.63) is 0 Å². The average Bonchev–Trinajstić information content (AvgIpc) is 2.41. The van der Waals surface area contributed by atoms with Crippen LogP contribution in [0.1, 0.15) is 58.3 Å². The van der Waals surface area contributed by atoms with Crippen molar-refractivity contribution in [3.8, 4) is 0 Å². The maximum absolute atomic E-state index is 11.3. The Hall–Kier alpha value is -1.26. The van der Waals surface area contributed by atoms with Crippen LogP contribution in [0.3, 0.4) is 0 Å². The molecule has 19 heavy (non-hydrogen) atoms. The molecule has 5 nitrogen and oxygen atoms in total. The number of nitrogens with one attached hydrogen (secondary N) is 2. The lowest BCUT2D eigenvalue weighted by Crippen LogP contribution is -2.61. The summed E-state index contributed by atoms with van der Waals surface area (Å²) >= 11 is 0. The summed E-state index contributed by atoms with van der Waals surface area (Å²) in [4.78, 5) is 22.2. The standard InChI is InChI=1S/C14H26N2O3/c1-2-3-4-5-6-7-8-9-10-19-14(18)16-12-11-15-13(12)17/h12H,2-11H2,1H3,(H,15,17)(H,16,18)/t12-/m0/s1. The Labute approximate surface area is 115 Å². The highest BCUT2D eigenvalue weighted by atomic mass is 16.5. The van der Waals surface area contributed by atoms with Crippen molar-refractivity contribution in [2.45, 2.75) is 64.3 Å². The lowest BCUT2D eigenvalue weighted by Gasteiger charge is -2.26. The number of unbranched alkanes of at least 4 members (excludes halogenated alkanes) is 7. The summed E-state index contributed by atoms with van der Waals surface area (Å²) in [5.41, 5.74) is 0. The minimum absolute atomic E-state index is 0.135. The minimum Gasteiger partial charge on any atom is -0.450 e. The second-order valence-electron chi connectivity index (χ2n) is 5.05. The maximum Gasteiger partial charge on any atom is 0.407 e. The monoisotopic (exact) mass is 270 g/mol. The van der Waals surface area contributed by atoms with E-state index in [2.05, 4.69) is 17.6 Å². The normalized spacial score (nSPS) is 17.5. The average molecular weight is 270 g/mol. The first-order valence-electron chi connectivity index (χ1n) is 7.45. The molecule has 0 aliphatic carbocycles. The van der Waals surface area contributed by atoms with Crippen molar-refractivity contribution < 1.29 is 14.3 Å². The molecule has 0 aromatic heterocycles. The number of carbonyl (C=O) groups is 2. The van der Waals surface area contributed by atoms with E-state index in [1.54, 1.807) is 0 Å². The molecular formula is C14H26N2O3. The van der Waals surface area contributed by atoms with Gasteiger partial charge < -0.3 is 15.4 Å². The van der Waals surface area contributed by atoms with Gasteiger partial charge >= 0.3 is 6.09 Å². The smallest absolute Gasteiger partial charge is 0.407 e. The third kappa shape index (κ3) is 7.03. The summed E-state index contributed by atoms with van der Waals surface area (Å²) < 4.78 is 5.01. The van der Waals surface area contributed by atoms with Gasteiger partial charge in [-0.05, 0) is 6.42 Å². The van der Waals surface area contributed by atoms with E-state index < -0.39 is 12.1 Å². The third-order valence-electron chi connectivity index (χ3n) is 3.32.